The van der Waals surface area contributed by atoms with E-state index in [0.29, 0.717) is 5.91 Å². The van der Waals surface area contributed by atoms with Gasteiger partial charge >= 0.3 is 0 Å². The minimum Gasteiger partial charge on any atom is -0.306 e. The van der Waals surface area contributed by atoms with Crippen molar-refractivity contribution in [2.24, 2.45) is 11.8 Å². The van der Waals surface area contributed by atoms with E-state index in [2.05, 4.69) is 21.9 Å². The molecule has 2 aliphatic heterocycles. The van der Waals surface area contributed by atoms with Crippen LogP contribution in [0, 0.1) is 11.8 Å². The summed E-state index contributed by atoms with van der Waals surface area (Å²) in [6.07, 6.45) is 13.3. The van der Waals surface area contributed by atoms with Crippen molar-refractivity contribution in [1.29, 1.82) is 0 Å². The van der Waals surface area contributed by atoms with Gasteiger partial charge in [-0.15, -0.1) is 12.4 Å². The molecule has 0 radical (unpaired) electrons. The standard InChI is InChI=1S/C23H32N2O.ClH/c26-22-17-23(25(22)20-8-2-1-3-9-20)12-14-24(15-13-23)21-11-10-18-6-4-5-7-19(18)16-21;/h1-3,8-9,18-19,21H,4-7,10-17H2;1H. The number of amides is 1. The Hall–Kier alpha value is -1.06. The third-order valence-corrected chi connectivity index (χ3v) is 7.98. The highest BCUT2D eigenvalue weighted by Crippen LogP contribution is 2.46. The van der Waals surface area contributed by atoms with E-state index in [1.807, 2.05) is 18.2 Å². The molecule has 0 aromatic heterocycles. The summed E-state index contributed by atoms with van der Waals surface area (Å²) in [4.78, 5) is 17.3. The van der Waals surface area contributed by atoms with Gasteiger partial charge in [0, 0.05) is 24.8 Å². The normalized spacial score (nSPS) is 33.1. The quantitative estimate of drug-likeness (QED) is 0.662. The van der Waals surface area contributed by atoms with Gasteiger partial charge in [0.25, 0.3) is 0 Å². The second-order valence-corrected chi connectivity index (χ2v) is 9.27. The van der Waals surface area contributed by atoms with Crippen molar-refractivity contribution in [2.45, 2.75) is 75.8 Å². The minimum absolute atomic E-state index is 0. The summed E-state index contributed by atoms with van der Waals surface area (Å²) in [7, 11) is 0. The van der Waals surface area contributed by atoms with Crippen LogP contribution in [0.5, 0.6) is 0 Å². The zero-order chi connectivity index (χ0) is 17.6. The lowest BCUT2D eigenvalue weighted by Crippen LogP contribution is -2.68. The number of halogens is 1. The van der Waals surface area contributed by atoms with E-state index in [1.165, 1.54) is 58.0 Å². The molecule has 0 bridgehead atoms. The first-order valence-electron chi connectivity index (χ1n) is 10.9. The van der Waals surface area contributed by atoms with Crippen molar-refractivity contribution in [3.8, 4) is 0 Å². The lowest BCUT2D eigenvalue weighted by molar-refractivity contribution is -0.129. The maximum absolute atomic E-state index is 12.4. The molecule has 3 unspecified atom stereocenters. The van der Waals surface area contributed by atoms with Crippen LogP contribution in [0.2, 0.25) is 0 Å². The smallest absolute Gasteiger partial charge is 0.229 e. The van der Waals surface area contributed by atoms with Crippen molar-refractivity contribution >= 4 is 24.0 Å². The topological polar surface area (TPSA) is 23.6 Å². The predicted octanol–water partition coefficient (Wildman–Crippen LogP) is 5.04. The first kappa shape index (κ1) is 19.3. The number of nitrogens with zero attached hydrogens (tertiary/aromatic N) is 2. The van der Waals surface area contributed by atoms with Gasteiger partial charge in [0.15, 0.2) is 0 Å². The average molecular weight is 389 g/mol. The van der Waals surface area contributed by atoms with Crippen molar-refractivity contribution in [3.63, 3.8) is 0 Å². The van der Waals surface area contributed by atoms with Crippen LogP contribution in [0.1, 0.15) is 64.2 Å². The molecule has 4 fully saturated rings. The molecule has 3 nitrogen and oxygen atoms in total. The van der Waals surface area contributed by atoms with Gasteiger partial charge in [-0.2, -0.15) is 0 Å². The second kappa shape index (κ2) is 7.75. The maximum Gasteiger partial charge on any atom is 0.229 e. The molecule has 5 rings (SSSR count). The third kappa shape index (κ3) is 3.42. The summed E-state index contributed by atoms with van der Waals surface area (Å²) < 4.78 is 0. The molecule has 1 aromatic carbocycles. The summed E-state index contributed by atoms with van der Waals surface area (Å²) in [6, 6.07) is 11.1. The Morgan fingerprint density at radius 1 is 0.889 bits per heavy atom. The van der Waals surface area contributed by atoms with Gasteiger partial charge in [0.1, 0.15) is 0 Å². The van der Waals surface area contributed by atoms with Gasteiger partial charge in [-0.3, -0.25) is 4.79 Å². The summed E-state index contributed by atoms with van der Waals surface area (Å²) >= 11 is 0. The second-order valence-electron chi connectivity index (χ2n) is 9.27. The number of para-hydroxylation sites is 1. The molecule has 2 saturated heterocycles. The highest BCUT2D eigenvalue weighted by Gasteiger charge is 2.53. The molecule has 2 saturated carbocycles. The largest absolute Gasteiger partial charge is 0.306 e. The summed E-state index contributed by atoms with van der Waals surface area (Å²) in [5.41, 5.74) is 1.21. The van der Waals surface area contributed by atoms with Crippen LogP contribution in [0.3, 0.4) is 0 Å². The zero-order valence-electron chi connectivity index (χ0n) is 16.3. The molecule has 4 heteroatoms. The number of likely N-dealkylation sites (tertiary alicyclic amines) is 1. The van der Waals surface area contributed by atoms with Gasteiger partial charge < -0.3 is 9.80 Å². The Morgan fingerprint density at radius 3 is 2.30 bits per heavy atom. The zero-order valence-corrected chi connectivity index (χ0v) is 17.1. The van der Waals surface area contributed by atoms with E-state index < -0.39 is 0 Å². The van der Waals surface area contributed by atoms with Crippen LogP contribution in [-0.4, -0.2) is 35.5 Å². The lowest BCUT2D eigenvalue weighted by Gasteiger charge is -2.57. The molecule has 0 N–H and O–H groups in total. The van der Waals surface area contributed by atoms with E-state index in [-0.39, 0.29) is 17.9 Å². The Kier molecular flexibility index (Phi) is 5.53. The number of carbonyl (C=O) groups is 1. The van der Waals surface area contributed by atoms with Gasteiger partial charge in [0.05, 0.1) is 12.0 Å². The molecule has 1 spiro atoms. The van der Waals surface area contributed by atoms with Crippen molar-refractivity contribution in [1.82, 2.24) is 4.90 Å². The molecular weight excluding hydrogens is 356 g/mol. The number of benzene rings is 1. The highest BCUT2D eigenvalue weighted by atomic mass is 35.5. The molecule has 1 amide bonds. The first-order valence-corrected chi connectivity index (χ1v) is 10.9. The van der Waals surface area contributed by atoms with E-state index in [0.717, 1.165) is 42.8 Å². The average Bonchev–Trinajstić information content (AvgIpc) is 2.68. The van der Waals surface area contributed by atoms with Crippen molar-refractivity contribution in [2.75, 3.05) is 18.0 Å². The molecule has 3 atom stereocenters. The number of β-lactam (4-membered cyclic amide) rings is 1. The SMILES string of the molecule is Cl.O=C1CC2(CCN(C3CCC4CCCCC4C3)CC2)N1c1ccccc1. The predicted molar refractivity (Wildman–Crippen MR) is 112 cm³/mol. The lowest BCUT2D eigenvalue weighted by atomic mass is 9.68. The Balaban J connectivity index is 0.00000180. The molecule has 1 aromatic rings. The van der Waals surface area contributed by atoms with Crippen LogP contribution in [0.25, 0.3) is 0 Å². The van der Waals surface area contributed by atoms with E-state index in [9.17, 15) is 4.79 Å². The minimum atomic E-state index is 0. The van der Waals surface area contributed by atoms with Gasteiger partial charge in [-0.05, 0) is 56.1 Å². The van der Waals surface area contributed by atoms with E-state index >= 15 is 0 Å². The number of anilines is 1. The Labute approximate surface area is 169 Å². The summed E-state index contributed by atoms with van der Waals surface area (Å²) in [5.74, 6) is 2.35. The highest BCUT2D eigenvalue weighted by molar-refractivity contribution is 6.02. The number of fused-ring (bicyclic) bond motifs is 1. The van der Waals surface area contributed by atoms with Crippen LogP contribution in [0.4, 0.5) is 5.69 Å². The van der Waals surface area contributed by atoms with Crippen LogP contribution < -0.4 is 4.90 Å². The number of carbonyl (C=O) groups excluding carboxylic acids is 1. The Bertz CT molecular complexity index is 656. The van der Waals surface area contributed by atoms with Crippen molar-refractivity contribution in [3.05, 3.63) is 30.3 Å². The maximum atomic E-state index is 12.4. The fraction of sp³-hybridized carbons (Fsp3) is 0.696. The van der Waals surface area contributed by atoms with E-state index in [4.69, 9.17) is 0 Å². The summed E-state index contributed by atoms with van der Waals surface area (Å²) in [6.45, 7) is 2.36. The molecular formula is C23H33ClN2O. The number of piperidine rings is 1. The van der Waals surface area contributed by atoms with Crippen LogP contribution in [-0.2, 0) is 4.79 Å². The first-order chi connectivity index (χ1) is 12.8. The fourth-order valence-corrected chi connectivity index (χ4v) is 6.49. The summed E-state index contributed by atoms with van der Waals surface area (Å²) in [5, 5.41) is 0. The molecule has 4 aliphatic rings. The fourth-order valence-electron chi connectivity index (χ4n) is 6.49. The molecule has 27 heavy (non-hydrogen) atoms. The van der Waals surface area contributed by atoms with Crippen molar-refractivity contribution < 1.29 is 4.79 Å². The van der Waals surface area contributed by atoms with Crippen LogP contribution in [0.15, 0.2) is 30.3 Å². The van der Waals surface area contributed by atoms with E-state index in [1.54, 1.807) is 0 Å². The number of hydrogen-bond acceptors (Lipinski definition) is 2. The van der Waals surface area contributed by atoms with Gasteiger partial charge in [-0.1, -0.05) is 43.9 Å². The van der Waals surface area contributed by atoms with Gasteiger partial charge in [0.2, 0.25) is 5.91 Å². The monoisotopic (exact) mass is 388 g/mol. The number of rotatable bonds is 2. The third-order valence-electron chi connectivity index (χ3n) is 7.98. The number of hydrogen-bond donors (Lipinski definition) is 0. The van der Waals surface area contributed by atoms with Gasteiger partial charge in [-0.25, -0.2) is 0 Å². The molecule has 2 heterocycles. The van der Waals surface area contributed by atoms with Crippen LogP contribution >= 0.6 is 12.4 Å². The molecule has 148 valence electrons. The Morgan fingerprint density at radius 2 is 1.59 bits per heavy atom. The molecule has 2 aliphatic carbocycles.